The standard InChI is InChI=1S/C23H27N3O/c1-17-14-20-6-4-5-7-22(20)26(17)15-18-8-10-19(11-9-18)23(27)25-13-12-21(16-25)24(2)3/h4-11,14,21H,12-13,15-16H2,1-3H3. The highest BCUT2D eigenvalue weighted by Gasteiger charge is 2.27. The summed E-state index contributed by atoms with van der Waals surface area (Å²) in [4.78, 5) is 17.0. The molecule has 4 rings (SSSR count). The summed E-state index contributed by atoms with van der Waals surface area (Å²) in [7, 11) is 4.17. The zero-order valence-corrected chi connectivity index (χ0v) is 16.4. The first kappa shape index (κ1) is 17.8. The van der Waals surface area contributed by atoms with Gasteiger partial charge in [-0.1, -0.05) is 30.3 Å². The largest absolute Gasteiger partial charge is 0.340 e. The maximum Gasteiger partial charge on any atom is 0.253 e. The highest BCUT2D eigenvalue weighted by Crippen LogP contribution is 2.21. The normalized spacial score (nSPS) is 17.2. The Bertz CT molecular complexity index is 955. The Morgan fingerprint density at radius 2 is 1.85 bits per heavy atom. The molecule has 0 N–H and O–H groups in total. The van der Waals surface area contributed by atoms with E-state index in [1.54, 1.807) is 0 Å². The van der Waals surface area contributed by atoms with Crippen LogP contribution in [0, 0.1) is 6.92 Å². The third-order valence-electron chi connectivity index (χ3n) is 5.74. The van der Waals surface area contributed by atoms with Crippen molar-refractivity contribution in [2.24, 2.45) is 0 Å². The number of hydrogen-bond acceptors (Lipinski definition) is 2. The summed E-state index contributed by atoms with van der Waals surface area (Å²) in [6, 6.07) is 19.3. The number of aryl methyl sites for hydroxylation is 1. The highest BCUT2D eigenvalue weighted by molar-refractivity contribution is 5.94. The van der Waals surface area contributed by atoms with Gasteiger partial charge in [0, 0.05) is 42.5 Å². The third kappa shape index (κ3) is 3.50. The van der Waals surface area contributed by atoms with Crippen molar-refractivity contribution in [1.82, 2.24) is 14.4 Å². The number of nitrogens with zero attached hydrogens (tertiary/aromatic N) is 3. The SMILES string of the molecule is Cc1cc2ccccc2n1Cc1ccc(C(=O)N2CCC(N(C)C)C2)cc1. The second kappa shape index (κ2) is 7.20. The second-order valence-corrected chi connectivity index (χ2v) is 7.78. The first-order chi connectivity index (χ1) is 13.0. The van der Waals surface area contributed by atoms with Crippen molar-refractivity contribution >= 4 is 16.8 Å². The predicted octanol–water partition coefficient (Wildman–Crippen LogP) is 3.77. The monoisotopic (exact) mass is 361 g/mol. The van der Waals surface area contributed by atoms with Gasteiger partial charge in [0.2, 0.25) is 0 Å². The molecule has 4 heteroatoms. The van der Waals surface area contributed by atoms with E-state index in [0.29, 0.717) is 6.04 Å². The molecule has 3 aromatic rings. The van der Waals surface area contributed by atoms with E-state index in [1.165, 1.54) is 22.2 Å². The van der Waals surface area contributed by atoms with Crippen LogP contribution < -0.4 is 0 Å². The summed E-state index contributed by atoms with van der Waals surface area (Å²) in [5.41, 5.74) is 4.50. The Morgan fingerprint density at radius 1 is 1.11 bits per heavy atom. The lowest BCUT2D eigenvalue weighted by Crippen LogP contribution is -2.34. The molecule has 1 unspecified atom stereocenters. The molecule has 0 aliphatic carbocycles. The first-order valence-electron chi connectivity index (χ1n) is 9.62. The number of carbonyl (C=O) groups excluding carboxylic acids is 1. The van der Waals surface area contributed by atoms with Crippen molar-refractivity contribution in [2.75, 3.05) is 27.2 Å². The van der Waals surface area contributed by atoms with Crippen molar-refractivity contribution in [1.29, 1.82) is 0 Å². The van der Waals surface area contributed by atoms with Crippen LogP contribution in [-0.2, 0) is 6.54 Å². The van der Waals surface area contributed by atoms with Crippen molar-refractivity contribution < 1.29 is 4.79 Å². The maximum atomic E-state index is 12.8. The number of aromatic nitrogens is 1. The van der Waals surface area contributed by atoms with E-state index in [4.69, 9.17) is 0 Å². The minimum Gasteiger partial charge on any atom is -0.340 e. The second-order valence-electron chi connectivity index (χ2n) is 7.78. The number of rotatable bonds is 4. The van der Waals surface area contributed by atoms with E-state index in [-0.39, 0.29) is 5.91 Å². The van der Waals surface area contributed by atoms with Crippen molar-refractivity contribution in [3.05, 3.63) is 71.4 Å². The van der Waals surface area contributed by atoms with E-state index in [2.05, 4.69) is 73.0 Å². The molecule has 1 saturated heterocycles. The third-order valence-corrected chi connectivity index (χ3v) is 5.74. The average Bonchev–Trinajstić information content (AvgIpc) is 3.28. The molecule has 0 radical (unpaired) electrons. The van der Waals surface area contributed by atoms with E-state index in [1.807, 2.05) is 17.0 Å². The van der Waals surface area contributed by atoms with Crippen molar-refractivity contribution in [3.63, 3.8) is 0 Å². The Labute approximate surface area is 161 Å². The van der Waals surface area contributed by atoms with E-state index < -0.39 is 0 Å². The van der Waals surface area contributed by atoms with Gasteiger partial charge >= 0.3 is 0 Å². The van der Waals surface area contributed by atoms with Crippen molar-refractivity contribution in [3.8, 4) is 0 Å². The van der Waals surface area contributed by atoms with Crippen LogP contribution in [0.5, 0.6) is 0 Å². The molecule has 1 aliphatic heterocycles. The molecule has 27 heavy (non-hydrogen) atoms. The molecule has 1 amide bonds. The Hall–Kier alpha value is -2.59. The number of carbonyl (C=O) groups is 1. The number of hydrogen-bond donors (Lipinski definition) is 0. The van der Waals surface area contributed by atoms with Crippen LogP contribution in [0.3, 0.4) is 0 Å². The van der Waals surface area contributed by atoms with Gasteiger partial charge in [0.25, 0.3) is 5.91 Å². The van der Waals surface area contributed by atoms with Gasteiger partial charge in [-0.15, -0.1) is 0 Å². The van der Waals surface area contributed by atoms with Gasteiger partial charge in [0.05, 0.1) is 0 Å². The molecular formula is C23H27N3O. The quantitative estimate of drug-likeness (QED) is 0.708. The van der Waals surface area contributed by atoms with Gasteiger partial charge in [0.15, 0.2) is 0 Å². The van der Waals surface area contributed by atoms with Crippen LogP contribution in [-0.4, -0.2) is 53.5 Å². The molecule has 140 valence electrons. The molecule has 1 fully saturated rings. The number of benzene rings is 2. The minimum atomic E-state index is 0.147. The molecule has 2 heterocycles. The van der Waals surface area contributed by atoms with E-state index >= 15 is 0 Å². The Kier molecular flexibility index (Phi) is 4.75. The number of fused-ring (bicyclic) bond motifs is 1. The fourth-order valence-electron chi connectivity index (χ4n) is 4.02. The molecule has 1 atom stereocenters. The number of likely N-dealkylation sites (tertiary alicyclic amines) is 1. The van der Waals surface area contributed by atoms with Gasteiger partial charge < -0.3 is 14.4 Å². The summed E-state index contributed by atoms with van der Waals surface area (Å²) >= 11 is 0. The van der Waals surface area contributed by atoms with Gasteiger partial charge in [0.1, 0.15) is 0 Å². The first-order valence-corrected chi connectivity index (χ1v) is 9.62. The lowest BCUT2D eigenvalue weighted by Gasteiger charge is -2.20. The minimum absolute atomic E-state index is 0.147. The fourth-order valence-corrected chi connectivity index (χ4v) is 4.02. The fraction of sp³-hybridized carbons (Fsp3) is 0.348. The predicted molar refractivity (Wildman–Crippen MR) is 110 cm³/mol. The molecule has 1 aromatic heterocycles. The zero-order chi connectivity index (χ0) is 19.0. The molecule has 2 aromatic carbocycles. The summed E-state index contributed by atoms with van der Waals surface area (Å²) < 4.78 is 2.33. The van der Waals surface area contributed by atoms with Gasteiger partial charge in [-0.3, -0.25) is 4.79 Å². The van der Waals surface area contributed by atoms with Crippen LogP contribution in [0.1, 0.15) is 28.0 Å². The van der Waals surface area contributed by atoms with Crippen LogP contribution in [0.4, 0.5) is 0 Å². The molecule has 0 spiro atoms. The maximum absolute atomic E-state index is 12.8. The Morgan fingerprint density at radius 3 is 2.56 bits per heavy atom. The molecule has 0 saturated carbocycles. The van der Waals surface area contributed by atoms with Crippen LogP contribution in [0.2, 0.25) is 0 Å². The van der Waals surface area contributed by atoms with Crippen LogP contribution >= 0.6 is 0 Å². The average molecular weight is 361 g/mol. The lowest BCUT2D eigenvalue weighted by molar-refractivity contribution is 0.0783. The topological polar surface area (TPSA) is 28.5 Å². The summed E-state index contributed by atoms with van der Waals surface area (Å²) in [6.45, 7) is 4.63. The van der Waals surface area contributed by atoms with Gasteiger partial charge in [-0.2, -0.15) is 0 Å². The molecule has 0 bridgehead atoms. The number of para-hydroxylation sites is 1. The molecule has 1 aliphatic rings. The molecular weight excluding hydrogens is 334 g/mol. The summed E-state index contributed by atoms with van der Waals surface area (Å²) in [5, 5.41) is 1.27. The van der Waals surface area contributed by atoms with Crippen LogP contribution in [0.15, 0.2) is 54.6 Å². The van der Waals surface area contributed by atoms with E-state index in [0.717, 1.165) is 31.6 Å². The number of amides is 1. The smallest absolute Gasteiger partial charge is 0.253 e. The van der Waals surface area contributed by atoms with Gasteiger partial charge in [-0.25, -0.2) is 0 Å². The zero-order valence-electron chi connectivity index (χ0n) is 16.4. The lowest BCUT2D eigenvalue weighted by atomic mass is 10.1. The van der Waals surface area contributed by atoms with Gasteiger partial charge in [-0.05, 0) is 62.7 Å². The Balaban J connectivity index is 1.49. The number of likely N-dealkylation sites (N-methyl/N-ethyl adjacent to an activating group) is 1. The molecule has 4 nitrogen and oxygen atoms in total. The van der Waals surface area contributed by atoms with Crippen LogP contribution in [0.25, 0.3) is 10.9 Å². The summed E-state index contributed by atoms with van der Waals surface area (Å²) in [5.74, 6) is 0.147. The van der Waals surface area contributed by atoms with E-state index in [9.17, 15) is 4.79 Å². The van der Waals surface area contributed by atoms with Crippen molar-refractivity contribution in [2.45, 2.75) is 25.9 Å². The summed E-state index contributed by atoms with van der Waals surface area (Å²) in [6.07, 6.45) is 1.05. The highest BCUT2D eigenvalue weighted by atomic mass is 16.2.